The minimum Gasteiger partial charge on any atom is -0.446 e. The van der Waals surface area contributed by atoms with E-state index in [1.807, 2.05) is 20.8 Å². The first kappa shape index (κ1) is 13.2. The molecule has 0 radical (unpaired) electrons. The lowest BCUT2D eigenvalue weighted by molar-refractivity contribution is -0.159. The number of esters is 1. The first-order valence-corrected chi connectivity index (χ1v) is 6.96. The fourth-order valence-electron chi connectivity index (χ4n) is 1.54. The molecule has 15 heavy (non-hydrogen) atoms. The van der Waals surface area contributed by atoms with Crippen molar-refractivity contribution in [2.24, 2.45) is 11.3 Å². The van der Waals surface area contributed by atoms with Crippen molar-refractivity contribution in [3.63, 3.8) is 0 Å². The first-order valence-electron chi connectivity index (χ1n) is 5.44. The highest BCUT2D eigenvalue weighted by atomic mass is 127. The largest absolute Gasteiger partial charge is 0.446 e. The van der Waals surface area contributed by atoms with E-state index >= 15 is 0 Å². The number of ether oxygens (including phenoxy) is 1. The molecule has 1 saturated heterocycles. The number of alkyl halides is 1. The second-order valence-corrected chi connectivity index (χ2v) is 6.21. The van der Waals surface area contributed by atoms with Gasteiger partial charge in [0.25, 0.3) is 0 Å². The Balaban J connectivity index is 2.33. The highest BCUT2D eigenvalue weighted by Gasteiger charge is 2.30. The summed E-state index contributed by atoms with van der Waals surface area (Å²) in [5.41, 5.74) is -0.400. The van der Waals surface area contributed by atoms with Crippen LogP contribution in [-0.2, 0) is 9.53 Å². The van der Waals surface area contributed by atoms with Crippen LogP contribution in [0.3, 0.4) is 0 Å². The predicted octanol–water partition coefficient (Wildman–Crippen LogP) is 2.34. The molecule has 0 spiro atoms. The van der Waals surface area contributed by atoms with Crippen molar-refractivity contribution in [1.29, 1.82) is 0 Å². The fourth-order valence-corrected chi connectivity index (χ4v) is 2.42. The van der Waals surface area contributed by atoms with E-state index in [1.54, 1.807) is 0 Å². The zero-order valence-corrected chi connectivity index (χ0v) is 11.8. The monoisotopic (exact) mass is 325 g/mol. The molecule has 4 heteroatoms. The number of hydrogen-bond acceptors (Lipinski definition) is 3. The van der Waals surface area contributed by atoms with Crippen LogP contribution in [0.4, 0.5) is 0 Å². The molecule has 0 bridgehead atoms. The molecule has 0 saturated carbocycles. The summed E-state index contributed by atoms with van der Waals surface area (Å²) in [6, 6.07) is 0. The van der Waals surface area contributed by atoms with E-state index < -0.39 is 5.41 Å². The predicted molar refractivity (Wildman–Crippen MR) is 68.9 cm³/mol. The van der Waals surface area contributed by atoms with Crippen molar-refractivity contribution in [2.45, 2.75) is 39.8 Å². The van der Waals surface area contributed by atoms with E-state index in [9.17, 15) is 4.79 Å². The molecule has 1 aliphatic heterocycles. The Morgan fingerprint density at radius 2 is 2.20 bits per heavy atom. The molecular formula is C11H20INO2. The van der Waals surface area contributed by atoms with Crippen molar-refractivity contribution >= 4 is 28.6 Å². The lowest BCUT2D eigenvalue weighted by atomic mass is 9.97. The molecule has 0 aromatic rings. The van der Waals surface area contributed by atoms with Gasteiger partial charge < -0.3 is 4.74 Å². The average Bonchev–Trinajstić information content (AvgIpc) is 2.51. The topological polar surface area (TPSA) is 38.3 Å². The van der Waals surface area contributed by atoms with E-state index in [4.69, 9.17) is 4.74 Å². The molecule has 1 heterocycles. The highest BCUT2D eigenvalue weighted by Crippen LogP contribution is 2.22. The van der Waals surface area contributed by atoms with E-state index in [1.165, 1.54) is 10.8 Å². The van der Waals surface area contributed by atoms with Crippen LogP contribution in [-0.4, -0.2) is 23.2 Å². The highest BCUT2D eigenvalue weighted by molar-refractivity contribution is 14.1. The summed E-state index contributed by atoms with van der Waals surface area (Å²) in [7, 11) is 0. The van der Waals surface area contributed by atoms with Gasteiger partial charge >= 0.3 is 5.97 Å². The minimum atomic E-state index is -0.400. The molecule has 1 fully saturated rings. The van der Waals surface area contributed by atoms with Crippen molar-refractivity contribution in [1.82, 2.24) is 5.32 Å². The van der Waals surface area contributed by atoms with Crippen molar-refractivity contribution in [3.8, 4) is 0 Å². The maximum Gasteiger partial charge on any atom is 0.312 e. The number of rotatable bonds is 3. The molecule has 1 aliphatic rings. The molecular weight excluding hydrogens is 305 g/mol. The Bertz CT molecular complexity index is 225. The van der Waals surface area contributed by atoms with Crippen molar-refractivity contribution < 1.29 is 9.53 Å². The van der Waals surface area contributed by atoms with Gasteiger partial charge in [-0.25, -0.2) is 0 Å². The first-order chi connectivity index (χ1) is 6.93. The zero-order chi connectivity index (χ0) is 11.5. The van der Waals surface area contributed by atoms with Crippen LogP contribution in [0, 0.1) is 11.3 Å². The van der Waals surface area contributed by atoms with E-state index in [2.05, 4.69) is 27.9 Å². The Hall–Kier alpha value is 0.160. The Kier molecular flexibility index (Phi) is 4.83. The van der Waals surface area contributed by atoms with Gasteiger partial charge in [0.1, 0.15) is 0 Å². The average molecular weight is 325 g/mol. The molecule has 2 unspecified atom stereocenters. The Morgan fingerprint density at radius 3 is 2.73 bits per heavy atom. The Labute approximate surface area is 105 Å². The number of nitrogens with one attached hydrogen (secondary N) is 1. The van der Waals surface area contributed by atoms with Gasteiger partial charge in [0.15, 0.2) is 6.23 Å². The van der Waals surface area contributed by atoms with Crippen LogP contribution in [0.15, 0.2) is 0 Å². The van der Waals surface area contributed by atoms with Crippen molar-refractivity contribution in [3.05, 3.63) is 0 Å². The summed E-state index contributed by atoms with van der Waals surface area (Å²) in [6.45, 7) is 6.62. The van der Waals surface area contributed by atoms with Gasteiger partial charge in [0.05, 0.1) is 5.41 Å². The summed E-state index contributed by atoms with van der Waals surface area (Å²) in [5, 5.41) is 3.25. The van der Waals surface area contributed by atoms with E-state index in [0.717, 1.165) is 13.0 Å². The number of hydrogen-bond donors (Lipinski definition) is 1. The summed E-state index contributed by atoms with van der Waals surface area (Å²) < 4.78 is 6.57. The van der Waals surface area contributed by atoms with Gasteiger partial charge in [-0.05, 0) is 37.5 Å². The van der Waals surface area contributed by atoms with Crippen LogP contribution in [0.2, 0.25) is 0 Å². The summed E-state index contributed by atoms with van der Waals surface area (Å²) >= 11 is 2.39. The third-order valence-electron chi connectivity index (χ3n) is 2.56. The van der Waals surface area contributed by atoms with Crippen LogP contribution < -0.4 is 5.32 Å². The van der Waals surface area contributed by atoms with Gasteiger partial charge in [-0.3, -0.25) is 10.1 Å². The summed E-state index contributed by atoms with van der Waals surface area (Å²) in [5.74, 6) is 0.551. The fraction of sp³-hybridized carbons (Fsp3) is 0.909. The molecule has 0 aromatic carbocycles. The number of carbonyl (C=O) groups excluding carboxylic acids is 1. The number of carbonyl (C=O) groups is 1. The lowest BCUT2D eigenvalue weighted by Crippen LogP contribution is -2.33. The quantitative estimate of drug-likeness (QED) is 0.492. The van der Waals surface area contributed by atoms with Crippen LogP contribution >= 0.6 is 22.6 Å². The van der Waals surface area contributed by atoms with Crippen LogP contribution in [0.5, 0.6) is 0 Å². The third-order valence-corrected chi connectivity index (χ3v) is 3.18. The van der Waals surface area contributed by atoms with Crippen molar-refractivity contribution in [2.75, 3.05) is 11.0 Å². The van der Waals surface area contributed by atoms with Gasteiger partial charge in [-0.15, -0.1) is 0 Å². The van der Waals surface area contributed by atoms with E-state index in [-0.39, 0.29) is 12.2 Å². The molecule has 1 N–H and O–H groups in total. The number of halogens is 1. The molecule has 0 amide bonds. The second-order valence-electron chi connectivity index (χ2n) is 5.13. The molecule has 1 rings (SSSR count). The standard InChI is InChI=1S/C11H20INO2/c1-11(2,3)10(14)15-9-6-8(4-5-12)7-13-9/h8-9,13H,4-7H2,1-3H3. The smallest absolute Gasteiger partial charge is 0.312 e. The van der Waals surface area contributed by atoms with Gasteiger partial charge in [-0.2, -0.15) is 0 Å². The molecule has 3 nitrogen and oxygen atoms in total. The van der Waals surface area contributed by atoms with Crippen LogP contribution in [0.1, 0.15) is 33.6 Å². The van der Waals surface area contributed by atoms with Gasteiger partial charge in [-0.1, -0.05) is 22.6 Å². The molecule has 0 aromatic heterocycles. The van der Waals surface area contributed by atoms with Gasteiger partial charge in [0, 0.05) is 13.0 Å². The SMILES string of the molecule is CC(C)(C)C(=O)OC1CC(CCI)CN1. The second kappa shape index (κ2) is 5.48. The summed E-state index contributed by atoms with van der Waals surface area (Å²) in [4.78, 5) is 11.6. The normalized spacial score (nSPS) is 26.7. The molecule has 0 aliphatic carbocycles. The third kappa shape index (κ3) is 4.26. The molecule has 88 valence electrons. The lowest BCUT2D eigenvalue weighted by Gasteiger charge is -2.20. The Morgan fingerprint density at radius 1 is 1.53 bits per heavy atom. The summed E-state index contributed by atoms with van der Waals surface area (Å²) in [6.07, 6.45) is 2.10. The van der Waals surface area contributed by atoms with Crippen LogP contribution in [0.25, 0.3) is 0 Å². The maximum absolute atomic E-state index is 11.6. The maximum atomic E-state index is 11.6. The minimum absolute atomic E-state index is 0.0651. The molecule has 2 atom stereocenters. The van der Waals surface area contributed by atoms with Gasteiger partial charge in [0.2, 0.25) is 0 Å². The zero-order valence-electron chi connectivity index (χ0n) is 9.68. The van der Waals surface area contributed by atoms with E-state index in [0.29, 0.717) is 5.92 Å².